The number of piperidine rings is 1. The standard InChI is InChI=1S/C26H32N4O3/c1-3-4-5-7-13-30-24(32)26(23(31)28-25(30)33)16-19-15-18-14-17(2)10-11-20(18)27-22(19)29-12-8-6-9-21(26)29/h10-11,14-15,21H,3-9,12-13,16H2,1-2H3,(H,28,31,33)/t21-,26+/m1/s1. The molecule has 5 rings (SSSR count). The predicted molar refractivity (Wildman–Crippen MR) is 127 cm³/mol. The number of aromatic nitrogens is 1. The quantitative estimate of drug-likeness (QED) is 0.550. The molecule has 0 bridgehead atoms. The monoisotopic (exact) mass is 448 g/mol. The van der Waals surface area contributed by atoms with Crippen LogP contribution in [0.3, 0.4) is 0 Å². The lowest BCUT2D eigenvalue weighted by molar-refractivity contribution is -0.154. The topological polar surface area (TPSA) is 82.6 Å². The largest absolute Gasteiger partial charge is 0.352 e. The van der Waals surface area contributed by atoms with Crippen molar-refractivity contribution in [3.05, 3.63) is 35.4 Å². The smallest absolute Gasteiger partial charge is 0.330 e. The van der Waals surface area contributed by atoms with Gasteiger partial charge < -0.3 is 4.90 Å². The summed E-state index contributed by atoms with van der Waals surface area (Å²) in [7, 11) is 0. The van der Waals surface area contributed by atoms with Crippen molar-refractivity contribution >= 4 is 34.6 Å². The number of carbonyl (C=O) groups excluding carboxylic acids is 3. The Hall–Kier alpha value is -2.96. The number of urea groups is 1. The molecule has 33 heavy (non-hydrogen) atoms. The van der Waals surface area contributed by atoms with Crippen molar-refractivity contribution in [3.8, 4) is 0 Å². The summed E-state index contributed by atoms with van der Waals surface area (Å²) in [5, 5.41) is 3.56. The number of imide groups is 2. The summed E-state index contributed by atoms with van der Waals surface area (Å²) in [4.78, 5) is 48.6. The number of barbiturate groups is 1. The van der Waals surface area contributed by atoms with Crippen LogP contribution >= 0.6 is 0 Å². The van der Waals surface area contributed by atoms with E-state index >= 15 is 0 Å². The van der Waals surface area contributed by atoms with Gasteiger partial charge in [0.1, 0.15) is 5.82 Å². The zero-order valence-corrected chi connectivity index (χ0v) is 19.5. The minimum absolute atomic E-state index is 0.282. The molecule has 4 amide bonds. The first-order chi connectivity index (χ1) is 16.0. The molecule has 3 aliphatic heterocycles. The number of nitrogens with zero attached hydrogens (tertiary/aromatic N) is 3. The Morgan fingerprint density at radius 2 is 1.97 bits per heavy atom. The lowest BCUT2D eigenvalue weighted by Crippen LogP contribution is -2.72. The Balaban J connectivity index is 1.58. The van der Waals surface area contributed by atoms with Crippen molar-refractivity contribution in [1.82, 2.24) is 15.2 Å². The van der Waals surface area contributed by atoms with Crippen LogP contribution in [0, 0.1) is 12.3 Å². The normalized spacial score (nSPS) is 24.8. The minimum Gasteiger partial charge on any atom is -0.352 e. The fourth-order valence-corrected chi connectivity index (χ4v) is 5.88. The second-order valence-corrected chi connectivity index (χ2v) is 9.80. The summed E-state index contributed by atoms with van der Waals surface area (Å²) < 4.78 is 0. The van der Waals surface area contributed by atoms with Gasteiger partial charge in [-0.05, 0) is 56.4 Å². The molecule has 1 spiro atoms. The Morgan fingerprint density at radius 3 is 2.79 bits per heavy atom. The van der Waals surface area contributed by atoms with E-state index in [4.69, 9.17) is 4.98 Å². The fraction of sp³-hybridized carbons (Fsp3) is 0.538. The van der Waals surface area contributed by atoms with Crippen LogP contribution in [0.15, 0.2) is 24.3 Å². The van der Waals surface area contributed by atoms with E-state index in [2.05, 4.69) is 35.3 Å². The highest BCUT2D eigenvalue weighted by molar-refractivity contribution is 6.20. The van der Waals surface area contributed by atoms with Gasteiger partial charge in [0, 0.05) is 24.9 Å². The zero-order valence-electron chi connectivity index (χ0n) is 19.5. The van der Waals surface area contributed by atoms with Crippen LogP contribution in [-0.4, -0.2) is 46.9 Å². The van der Waals surface area contributed by atoms with Gasteiger partial charge in [-0.15, -0.1) is 0 Å². The van der Waals surface area contributed by atoms with E-state index in [-0.39, 0.29) is 18.4 Å². The zero-order chi connectivity index (χ0) is 23.2. The van der Waals surface area contributed by atoms with Crippen LogP contribution in [0.1, 0.15) is 63.0 Å². The molecule has 2 saturated heterocycles. The minimum atomic E-state index is -1.29. The van der Waals surface area contributed by atoms with Gasteiger partial charge in [-0.3, -0.25) is 19.8 Å². The highest BCUT2D eigenvalue weighted by atomic mass is 16.2. The molecule has 7 nitrogen and oxygen atoms in total. The number of nitrogens with one attached hydrogen (secondary N) is 1. The lowest BCUT2D eigenvalue weighted by atomic mass is 9.66. The van der Waals surface area contributed by atoms with Gasteiger partial charge in [0.05, 0.1) is 11.6 Å². The van der Waals surface area contributed by atoms with Crippen molar-refractivity contribution in [2.24, 2.45) is 5.41 Å². The second kappa shape index (κ2) is 8.43. The second-order valence-electron chi connectivity index (χ2n) is 9.80. The molecule has 0 saturated carbocycles. The Labute approximate surface area is 194 Å². The van der Waals surface area contributed by atoms with Crippen LogP contribution in [-0.2, 0) is 16.0 Å². The Kier molecular flexibility index (Phi) is 5.59. The third kappa shape index (κ3) is 3.49. The van der Waals surface area contributed by atoms with Crippen LogP contribution in [0.4, 0.5) is 10.6 Å². The molecule has 0 unspecified atom stereocenters. The van der Waals surface area contributed by atoms with Crippen molar-refractivity contribution in [3.63, 3.8) is 0 Å². The summed E-state index contributed by atoms with van der Waals surface area (Å²) in [6, 6.07) is 7.40. The maximum atomic E-state index is 14.0. The van der Waals surface area contributed by atoms with Crippen molar-refractivity contribution in [2.75, 3.05) is 18.0 Å². The van der Waals surface area contributed by atoms with Gasteiger partial charge >= 0.3 is 6.03 Å². The predicted octanol–water partition coefficient (Wildman–Crippen LogP) is 4.10. The third-order valence-corrected chi connectivity index (χ3v) is 7.57. The summed E-state index contributed by atoms with van der Waals surface area (Å²) in [5.74, 6) is 0.0995. The fourth-order valence-electron chi connectivity index (χ4n) is 5.88. The Morgan fingerprint density at radius 1 is 1.12 bits per heavy atom. The SMILES string of the molecule is CCCCCCN1C(=O)NC(=O)[C@@]2(Cc3cc4cc(C)ccc4nc3N3CCCC[C@@H]32)C1=O. The van der Waals surface area contributed by atoms with Crippen molar-refractivity contribution in [2.45, 2.75) is 71.3 Å². The number of benzene rings is 1. The molecule has 174 valence electrons. The lowest BCUT2D eigenvalue weighted by Gasteiger charge is -2.53. The molecule has 2 aromatic rings. The molecule has 4 heterocycles. The van der Waals surface area contributed by atoms with E-state index in [1.54, 1.807) is 0 Å². The number of anilines is 1. The van der Waals surface area contributed by atoms with Gasteiger partial charge in [-0.1, -0.05) is 37.8 Å². The number of pyridine rings is 1. The maximum Gasteiger partial charge on any atom is 0.330 e. The van der Waals surface area contributed by atoms with Gasteiger partial charge in [0.25, 0.3) is 0 Å². The molecule has 1 N–H and O–H groups in total. The molecule has 1 aromatic heterocycles. The third-order valence-electron chi connectivity index (χ3n) is 7.57. The molecule has 2 fully saturated rings. The molecular formula is C26H32N4O3. The van der Waals surface area contributed by atoms with E-state index in [0.29, 0.717) is 6.54 Å². The van der Waals surface area contributed by atoms with Crippen molar-refractivity contribution in [1.29, 1.82) is 0 Å². The number of fused-ring (bicyclic) bond motifs is 5. The molecule has 0 aliphatic carbocycles. The average Bonchev–Trinajstić information content (AvgIpc) is 2.81. The number of rotatable bonds is 5. The summed E-state index contributed by atoms with van der Waals surface area (Å²) >= 11 is 0. The van der Waals surface area contributed by atoms with Crippen LogP contribution in [0.2, 0.25) is 0 Å². The van der Waals surface area contributed by atoms with E-state index in [9.17, 15) is 14.4 Å². The maximum absolute atomic E-state index is 14.0. The number of carbonyl (C=O) groups is 3. The number of hydrogen-bond donors (Lipinski definition) is 1. The number of hydrogen-bond acceptors (Lipinski definition) is 5. The number of unbranched alkanes of at least 4 members (excludes halogenated alkanes) is 3. The van der Waals surface area contributed by atoms with Crippen LogP contribution in [0.25, 0.3) is 10.9 Å². The molecule has 0 radical (unpaired) electrons. The van der Waals surface area contributed by atoms with Crippen molar-refractivity contribution < 1.29 is 14.4 Å². The highest BCUT2D eigenvalue weighted by Gasteiger charge is 2.62. The van der Waals surface area contributed by atoms with Crippen LogP contribution in [0.5, 0.6) is 0 Å². The molecule has 2 atom stereocenters. The first kappa shape index (κ1) is 21.9. The summed E-state index contributed by atoms with van der Waals surface area (Å²) in [6.45, 7) is 5.28. The van der Waals surface area contributed by atoms with Gasteiger partial charge in [0.15, 0.2) is 5.41 Å². The summed E-state index contributed by atoms with van der Waals surface area (Å²) in [6.07, 6.45) is 6.83. The van der Waals surface area contributed by atoms with Gasteiger partial charge in [-0.25, -0.2) is 9.78 Å². The van der Waals surface area contributed by atoms with E-state index in [1.807, 2.05) is 13.0 Å². The molecule has 3 aliphatic rings. The molecule has 1 aromatic carbocycles. The Bertz CT molecular complexity index is 1130. The highest BCUT2D eigenvalue weighted by Crippen LogP contribution is 2.47. The molecular weight excluding hydrogens is 416 g/mol. The van der Waals surface area contributed by atoms with E-state index < -0.39 is 17.4 Å². The first-order valence-electron chi connectivity index (χ1n) is 12.3. The number of aryl methyl sites for hydroxylation is 1. The van der Waals surface area contributed by atoms with Gasteiger partial charge in [0.2, 0.25) is 11.8 Å². The van der Waals surface area contributed by atoms with Gasteiger partial charge in [-0.2, -0.15) is 0 Å². The number of amides is 4. The molecule has 7 heteroatoms. The average molecular weight is 449 g/mol. The van der Waals surface area contributed by atoms with E-state index in [0.717, 1.165) is 79.3 Å². The van der Waals surface area contributed by atoms with E-state index in [1.165, 1.54) is 4.90 Å². The first-order valence-corrected chi connectivity index (χ1v) is 12.3. The summed E-state index contributed by atoms with van der Waals surface area (Å²) in [5.41, 5.74) is 1.69. The van der Waals surface area contributed by atoms with Crippen LogP contribution < -0.4 is 10.2 Å².